The summed E-state index contributed by atoms with van der Waals surface area (Å²) in [5, 5.41) is 16.0. The molecule has 2 aromatic rings. The number of carbonyl (C=O) groups excluding carboxylic acids is 1. The van der Waals surface area contributed by atoms with Crippen molar-refractivity contribution in [3.63, 3.8) is 0 Å². The summed E-state index contributed by atoms with van der Waals surface area (Å²) in [6.07, 6.45) is 3.17. The molecule has 4 nitrogen and oxygen atoms in total. The van der Waals surface area contributed by atoms with Crippen LogP contribution in [0.2, 0.25) is 0 Å². The monoisotopic (exact) mass is 267 g/mol. The molecule has 1 amide bonds. The van der Waals surface area contributed by atoms with Crippen LogP contribution in [-0.2, 0) is 6.42 Å². The lowest BCUT2D eigenvalue weighted by Gasteiger charge is -1.96. The zero-order valence-electron chi connectivity index (χ0n) is 9.47. The Morgan fingerprint density at radius 1 is 1.47 bits per heavy atom. The summed E-state index contributed by atoms with van der Waals surface area (Å²) in [4.78, 5) is 11.7. The average molecular weight is 267 g/mol. The number of amides is 1. The van der Waals surface area contributed by atoms with E-state index >= 15 is 0 Å². The number of hydrogen-bond acceptors (Lipinski definition) is 5. The van der Waals surface area contributed by atoms with Crippen LogP contribution in [0, 0.1) is 0 Å². The molecule has 2 heterocycles. The first kappa shape index (κ1) is 12.2. The van der Waals surface area contributed by atoms with Gasteiger partial charge in [-0.15, -0.1) is 10.2 Å². The predicted molar refractivity (Wildman–Crippen MR) is 70.8 cm³/mol. The zero-order valence-corrected chi connectivity index (χ0v) is 11.1. The summed E-state index contributed by atoms with van der Waals surface area (Å²) in [5.41, 5.74) is 0.667. The van der Waals surface area contributed by atoms with Crippen molar-refractivity contribution in [1.29, 1.82) is 0 Å². The van der Waals surface area contributed by atoms with E-state index < -0.39 is 0 Å². The lowest BCUT2D eigenvalue weighted by molar-refractivity contribution is 0.102. The second-order valence-corrected chi connectivity index (χ2v) is 5.41. The molecule has 0 aliphatic carbocycles. The minimum atomic E-state index is -0.121. The SMILES string of the molecule is CCCCc1nnc(NC(=O)c2ccsc2)s1. The van der Waals surface area contributed by atoms with Crippen LogP contribution in [0.1, 0.15) is 35.1 Å². The van der Waals surface area contributed by atoms with Crippen molar-refractivity contribution >= 4 is 33.7 Å². The summed E-state index contributed by atoms with van der Waals surface area (Å²) >= 11 is 2.95. The maximum Gasteiger partial charge on any atom is 0.258 e. The summed E-state index contributed by atoms with van der Waals surface area (Å²) in [7, 11) is 0. The standard InChI is InChI=1S/C11H13N3OS2/c1-2-3-4-9-13-14-11(17-9)12-10(15)8-5-6-16-7-8/h5-7H,2-4H2,1H3,(H,12,14,15). The van der Waals surface area contributed by atoms with Crippen LogP contribution in [0.3, 0.4) is 0 Å². The van der Waals surface area contributed by atoms with Gasteiger partial charge >= 0.3 is 0 Å². The normalized spacial score (nSPS) is 10.4. The Kier molecular flexibility index (Phi) is 4.22. The highest BCUT2D eigenvalue weighted by Gasteiger charge is 2.09. The number of carbonyl (C=O) groups is 1. The van der Waals surface area contributed by atoms with Crippen molar-refractivity contribution in [2.24, 2.45) is 0 Å². The quantitative estimate of drug-likeness (QED) is 0.905. The second-order valence-electron chi connectivity index (χ2n) is 3.57. The van der Waals surface area contributed by atoms with Crippen molar-refractivity contribution in [1.82, 2.24) is 10.2 Å². The van der Waals surface area contributed by atoms with Gasteiger partial charge in [0.05, 0.1) is 5.56 Å². The van der Waals surface area contributed by atoms with Gasteiger partial charge in [-0.3, -0.25) is 10.1 Å². The van der Waals surface area contributed by atoms with Crippen LogP contribution in [-0.4, -0.2) is 16.1 Å². The van der Waals surface area contributed by atoms with Crippen molar-refractivity contribution < 1.29 is 4.79 Å². The molecular weight excluding hydrogens is 254 g/mol. The molecular formula is C11H13N3OS2. The van der Waals surface area contributed by atoms with Gasteiger partial charge in [0.2, 0.25) is 5.13 Å². The van der Waals surface area contributed by atoms with E-state index in [1.165, 1.54) is 22.7 Å². The molecule has 2 aromatic heterocycles. The summed E-state index contributed by atoms with van der Waals surface area (Å²) < 4.78 is 0. The maximum absolute atomic E-state index is 11.7. The highest BCUT2D eigenvalue weighted by Crippen LogP contribution is 2.18. The van der Waals surface area contributed by atoms with Gasteiger partial charge in [0, 0.05) is 11.8 Å². The fourth-order valence-corrected chi connectivity index (χ4v) is 2.71. The molecule has 0 aromatic carbocycles. The van der Waals surface area contributed by atoms with Crippen LogP contribution in [0.25, 0.3) is 0 Å². The second kappa shape index (κ2) is 5.88. The smallest absolute Gasteiger partial charge is 0.258 e. The van der Waals surface area contributed by atoms with Gasteiger partial charge < -0.3 is 0 Å². The molecule has 0 radical (unpaired) electrons. The van der Waals surface area contributed by atoms with Crippen molar-refractivity contribution in [3.8, 4) is 0 Å². The summed E-state index contributed by atoms with van der Waals surface area (Å²) in [6.45, 7) is 2.14. The first-order chi connectivity index (χ1) is 8.29. The van der Waals surface area contributed by atoms with Crippen LogP contribution >= 0.6 is 22.7 Å². The highest BCUT2D eigenvalue weighted by molar-refractivity contribution is 7.15. The Hall–Kier alpha value is -1.27. The topological polar surface area (TPSA) is 54.9 Å². The van der Waals surface area contributed by atoms with Gasteiger partial charge in [-0.05, 0) is 17.9 Å². The Morgan fingerprint density at radius 3 is 3.06 bits per heavy atom. The van der Waals surface area contributed by atoms with Gasteiger partial charge in [-0.25, -0.2) is 0 Å². The lowest BCUT2D eigenvalue weighted by atomic mass is 10.3. The number of rotatable bonds is 5. The zero-order chi connectivity index (χ0) is 12.1. The van der Waals surface area contributed by atoms with Crippen LogP contribution in [0.4, 0.5) is 5.13 Å². The van der Waals surface area contributed by atoms with Crippen LogP contribution < -0.4 is 5.32 Å². The van der Waals surface area contributed by atoms with Crippen LogP contribution in [0.5, 0.6) is 0 Å². The number of nitrogens with one attached hydrogen (secondary N) is 1. The molecule has 0 saturated carbocycles. The van der Waals surface area contributed by atoms with E-state index in [1.807, 2.05) is 10.8 Å². The number of aromatic nitrogens is 2. The van der Waals surface area contributed by atoms with E-state index in [4.69, 9.17) is 0 Å². The molecule has 0 fully saturated rings. The van der Waals surface area contributed by atoms with E-state index in [0.29, 0.717) is 10.7 Å². The number of hydrogen-bond donors (Lipinski definition) is 1. The van der Waals surface area contributed by atoms with Gasteiger partial charge in [-0.1, -0.05) is 24.7 Å². The minimum Gasteiger partial charge on any atom is -0.296 e. The van der Waals surface area contributed by atoms with E-state index in [1.54, 1.807) is 6.07 Å². The first-order valence-electron chi connectivity index (χ1n) is 5.45. The molecule has 0 saturated heterocycles. The molecule has 0 bridgehead atoms. The third kappa shape index (κ3) is 3.34. The molecule has 0 spiro atoms. The molecule has 2 rings (SSSR count). The third-order valence-corrected chi connectivity index (χ3v) is 3.80. The Bertz CT molecular complexity index is 479. The molecule has 17 heavy (non-hydrogen) atoms. The minimum absolute atomic E-state index is 0.121. The van der Waals surface area contributed by atoms with E-state index in [0.717, 1.165) is 24.3 Å². The van der Waals surface area contributed by atoms with Crippen molar-refractivity contribution in [2.75, 3.05) is 5.32 Å². The van der Waals surface area contributed by atoms with Gasteiger partial charge in [0.1, 0.15) is 5.01 Å². The number of thiophene rings is 1. The lowest BCUT2D eigenvalue weighted by Crippen LogP contribution is -2.10. The fourth-order valence-electron chi connectivity index (χ4n) is 1.30. The third-order valence-electron chi connectivity index (χ3n) is 2.21. The molecule has 0 aliphatic rings. The van der Waals surface area contributed by atoms with E-state index in [9.17, 15) is 4.79 Å². The van der Waals surface area contributed by atoms with Crippen LogP contribution in [0.15, 0.2) is 16.8 Å². The Morgan fingerprint density at radius 2 is 2.35 bits per heavy atom. The maximum atomic E-state index is 11.7. The molecule has 0 atom stereocenters. The number of unbranched alkanes of at least 4 members (excludes halogenated alkanes) is 1. The van der Waals surface area contributed by atoms with E-state index in [-0.39, 0.29) is 5.91 Å². The molecule has 6 heteroatoms. The van der Waals surface area contributed by atoms with Crippen molar-refractivity contribution in [2.45, 2.75) is 26.2 Å². The summed E-state index contributed by atoms with van der Waals surface area (Å²) in [5.74, 6) is -0.121. The molecule has 90 valence electrons. The molecule has 0 unspecified atom stereocenters. The molecule has 0 aliphatic heterocycles. The average Bonchev–Trinajstić information content (AvgIpc) is 2.97. The largest absolute Gasteiger partial charge is 0.296 e. The van der Waals surface area contributed by atoms with E-state index in [2.05, 4.69) is 22.4 Å². The number of anilines is 1. The highest BCUT2D eigenvalue weighted by atomic mass is 32.1. The fraction of sp³-hybridized carbons (Fsp3) is 0.364. The first-order valence-corrected chi connectivity index (χ1v) is 7.21. The Balaban J connectivity index is 1.95. The number of nitrogens with zero attached hydrogens (tertiary/aromatic N) is 2. The molecule has 1 N–H and O–H groups in total. The summed E-state index contributed by atoms with van der Waals surface area (Å²) in [6, 6.07) is 1.79. The Labute approximate surface area is 108 Å². The predicted octanol–water partition coefficient (Wildman–Crippen LogP) is 3.19. The van der Waals surface area contributed by atoms with Gasteiger partial charge in [0.15, 0.2) is 0 Å². The van der Waals surface area contributed by atoms with Gasteiger partial charge in [0.25, 0.3) is 5.91 Å². The van der Waals surface area contributed by atoms with Gasteiger partial charge in [-0.2, -0.15) is 11.3 Å². The van der Waals surface area contributed by atoms with Crippen molar-refractivity contribution in [3.05, 3.63) is 27.4 Å². The number of aryl methyl sites for hydroxylation is 1.